The van der Waals surface area contributed by atoms with Crippen LogP contribution in [0.2, 0.25) is 0 Å². The maximum absolute atomic E-state index is 8.84. The van der Waals surface area contributed by atoms with E-state index in [0.29, 0.717) is 9.88 Å². The third-order valence-corrected chi connectivity index (χ3v) is 5.32. The molecule has 0 fully saturated rings. The van der Waals surface area contributed by atoms with Gasteiger partial charge in [0.15, 0.2) is 10.5 Å². The van der Waals surface area contributed by atoms with Crippen LogP contribution in [0.15, 0.2) is 19.9 Å². The molecule has 0 amide bonds. The summed E-state index contributed by atoms with van der Waals surface area (Å²) in [5.41, 5.74) is 0.735. The number of thioether (sulfide) groups is 2. The first kappa shape index (κ1) is 11.5. The minimum Gasteiger partial charge on any atom is -0.224 e. The Labute approximate surface area is 115 Å². The van der Waals surface area contributed by atoms with Crippen LogP contribution in [0.5, 0.6) is 0 Å². The summed E-state index contributed by atoms with van der Waals surface area (Å²) in [6.07, 6.45) is 0. The second-order valence-corrected chi connectivity index (χ2v) is 6.72. The van der Waals surface area contributed by atoms with Gasteiger partial charge in [0.05, 0.1) is 9.24 Å². The number of nitriles is 2. The molecule has 0 N–H and O–H groups in total. The summed E-state index contributed by atoms with van der Waals surface area (Å²) in [5, 5.41) is 20.1. The minimum absolute atomic E-state index is 0.109. The predicted octanol–water partition coefficient (Wildman–Crippen LogP) is 2.85. The van der Waals surface area contributed by atoms with E-state index >= 15 is 0 Å². The first-order valence-electron chi connectivity index (χ1n) is 4.76. The van der Waals surface area contributed by atoms with Crippen LogP contribution in [-0.4, -0.2) is 15.0 Å². The summed E-state index contributed by atoms with van der Waals surface area (Å²) in [5.74, 6) is 0. The van der Waals surface area contributed by atoms with Gasteiger partial charge in [-0.25, -0.2) is 15.0 Å². The van der Waals surface area contributed by atoms with Crippen molar-refractivity contribution in [1.82, 2.24) is 15.0 Å². The molecular formula is C10H3N5S3. The van der Waals surface area contributed by atoms with E-state index in [1.54, 1.807) is 0 Å². The molecule has 0 saturated carbocycles. The zero-order valence-electron chi connectivity index (χ0n) is 8.96. The van der Waals surface area contributed by atoms with Gasteiger partial charge in [0.2, 0.25) is 0 Å². The van der Waals surface area contributed by atoms with Gasteiger partial charge in [-0.15, -0.1) is 0 Å². The van der Waals surface area contributed by atoms with Crippen molar-refractivity contribution < 1.29 is 0 Å². The zero-order valence-corrected chi connectivity index (χ0v) is 11.4. The molecule has 0 radical (unpaired) electrons. The van der Waals surface area contributed by atoms with E-state index in [2.05, 4.69) is 15.0 Å². The summed E-state index contributed by atoms with van der Waals surface area (Å²) < 4.78 is 0.643. The summed E-state index contributed by atoms with van der Waals surface area (Å²) in [6.45, 7) is 1.91. The number of aryl methyl sites for hydroxylation is 1. The van der Waals surface area contributed by atoms with Crippen molar-refractivity contribution in [1.29, 1.82) is 10.5 Å². The number of hydrogen-bond acceptors (Lipinski definition) is 8. The lowest BCUT2D eigenvalue weighted by molar-refractivity contribution is 0.975. The summed E-state index contributed by atoms with van der Waals surface area (Å²) in [6, 6.07) is 3.76. The Hall–Kier alpha value is -1.61. The molecule has 8 heteroatoms. The molecule has 2 aromatic rings. The van der Waals surface area contributed by atoms with Gasteiger partial charge in [0.1, 0.15) is 27.8 Å². The smallest absolute Gasteiger partial charge is 0.191 e. The molecule has 1 aliphatic heterocycles. The Morgan fingerprint density at radius 2 is 1.72 bits per heavy atom. The molecule has 0 spiro atoms. The number of rotatable bonds is 0. The van der Waals surface area contributed by atoms with E-state index in [-0.39, 0.29) is 5.57 Å². The number of allylic oxidation sites excluding steroid dienone is 1. The van der Waals surface area contributed by atoms with Gasteiger partial charge in [-0.3, -0.25) is 0 Å². The Kier molecular flexibility index (Phi) is 2.71. The van der Waals surface area contributed by atoms with Crippen molar-refractivity contribution in [3.8, 4) is 12.1 Å². The maximum atomic E-state index is 8.84. The molecule has 18 heavy (non-hydrogen) atoms. The lowest BCUT2D eigenvalue weighted by Gasteiger charge is -1.92. The van der Waals surface area contributed by atoms with Crippen LogP contribution in [-0.2, 0) is 0 Å². The molecule has 3 heterocycles. The van der Waals surface area contributed by atoms with Crippen molar-refractivity contribution >= 4 is 45.3 Å². The van der Waals surface area contributed by atoms with E-state index in [1.165, 1.54) is 34.9 Å². The third kappa shape index (κ3) is 1.75. The van der Waals surface area contributed by atoms with Crippen LogP contribution in [0, 0.1) is 29.6 Å². The van der Waals surface area contributed by atoms with Crippen molar-refractivity contribution in [2.45, 2.75) is 17.0 Å². The molecule has 86 valence electrons. The molecule has 1 aliphatic rings. The average molecular weight is 289 g/mol. The number of aromatic nitrogens is 3. The molecule has 5 nitrogen and oxygen atoms in total. The highest BCUT2D eigenvalue weighted by Crippen LogP contribution is 2.50. The van der Waals surface area contributed by atoms with Gasteiger partial charge in [-0.2, -0.15) is 10.5 Å². The zero-order chi connectivity index (χ0) is 12.7. The predicted molar refractivity (Wildman–Crippen MR) is 69.9 cm³/mol. The van der Waals surface area contributed by atoms with Crippen molar-refractivity contribution in [3.63, 3.8) is 0 Å². The number of hydrogen-bond donors (Lipinski definition) is 0. The summed E-state index contributed by atoms with van der Waals surface area (Å²) in [7, 11) is 0. The van der Waals surface area contributed by atoms with Gasteiger partial charge < -0.3 is 0 Å². The fourth-order valence-corrected chi connectivity index (χ4v) is 4.34. The maximum Gasteiger partial charge on any atom is 0.191 e. The van der Waals surface area contributed by atoms with Gasteiger partial charge >= 0.3 is 0 Å². The Morgan fingerprint density at radius 3 is 2.39 bits per heavy atom. The second kappa shape index (κ2) is 4.25. The number of fused-ring (bicyclic) bond motifs is 2. The molecule has 3 rings (SSSR count). The Morgan fingerprint density at radius 1 is 1.06 bits per heavy atom. The highest BCUT2D eigenvalue weighted by Gasteiger charge is 2.25. The van der Waals surface area contributed by atoms with E-state index in [1.807, 2.05) is 19.1 Å². The SMILES string of the molecule is Cc1nc2nc3c(nc2s1)SC(=C(C#N)C#N)S3. The monoisotopic (exact) mass is 289 g/mol. The highest BCUT2D eigenvalue weighted by molar-refractivity contribution is 8.24. The van der Waals surface area contributed by atoms with Gasteiger partial charge in [-0.05, 0) is 6.92 Å². The van der Waals surface area contributed by atoms with E-state index < -0.39 is 0 Å². The highest BCUT2D eigenvalue weighted by atomic mass is 32.2. The van der Waals surface area contributed by atoms with Crippen molar-refractivity contribution in [3.05, 3.63) is 14.8 Å². The van der Waals surface area contributed by atoms with Crippen LogP contribution in [0.3, 0.4) is 0 Å². The van der Waals surface area contributed by atoms with Crippen LogP contribution in [0.25, 0.3) is 10.5 Å². The number of nitrogens with zero attached hydrogens (tertiary/aromatic N) is 5. The molecule has 0 bridgehead atoms. The minimum atomic E-state index is 0.109. The normalized spacial score (nSPS) is 13.2. The molecule has 0 aliphatic carbocycles. The van der Waals surface area contributed by atoms with Crippen molar-refractivity contribution in [2.24, 2.45) is 0 Å². The topological polar surface area (TPSA) is 86.2 Å². The molecule has 0 aromatic carbocycles. The molecule has 2 aromatic heterocycles. The molecule has 0 saturated heterocycles. The number of thiazole rings is 1. The standard InChI is InChI=1S/C10H3N5S3/c1-4-13-6-7(16-4)15-9-8(14-6)17-10(18-9)5(2-11)3-12/h1H3. The lowest BCUT2D eigenvalue weighted by atomic mass is 10.4. The fourth-order valence-electron chi connectivity index (χ4n) is 1.38. The molecule has 0 atom stereocenters. The summed E-state index contributed by atoms with van der Waals surface area (Å²) in [4.78, 5) is 13.9. The van der Waals surface area contributed by atoms with E-state index in [0.717, 1.165) is 19.9 Å². The van der Waals surface area contributed by atoms with Gasteiger partial charge in [0, 0.05) is 0 Å². The molecular weight excluding hydrogens is 286 g/mol. The third-order valence-electron chi connectivity index (χ3n) is 2.10. The largest absolute Gasteiger partial charge is 0.224 e. The van der Waals surface area contributed by atoms with E-state index in [4.69, 9.17) is 10.5 Å². The first-order chi connectivity index (χ1) is 8.71. The van der Waals surface area contributed by atoms with Crippen LogP contribution in [0.4, 0.5) is 0 Å². The first-order valence-corrected chi connectivity index (χ1v) is 7.21. The molecule has 0 unspecified atom stereocenters. The average Bonchev–Trinajstić information content (AvgIpc) is 2.88. The fraction of sp³-hybridized carbons (Fsp3) is 0.100. The summed E-state index contributed by atoms with van der Waals surface area (Å²) >= 11 is 4.11. The van der Waals surface area contributed by atoms with Gasteiger partial charge in [-0.1, -0.05) is 34.9 Å². The van der Waals surface area contributed by atoms with Crippen LogP contribution < -0.4 is 0 Å². The van der Waals surface area contributed by atoms with E-state index in [9.17, 15) is 0 Å². The Bertz CT molecular complexity index is 716. The Balaban J connectivity index is 2.13. The quantitative estimate of drug-likeness (QED) is 0.689. The second-order valence-electron chi connectivity index (χ2n) is 3.29. The lowest BCUT2D eigenvalue weighted by Crippen LogP contribution is -1.85. The van der Waals surface area contributed by atoms with Crippen LogP contribution >= 0.6 is 34.9 Å². The van der Waals surface area contributed by atoms with Crippen molar-refractivity contribution in [2.75, 3.05) is 0 Å². The van der Waals surface area contributed by atoms with Crippen LogP contribution in [0.1, 0.15) is 5.01 Å². The van der Waals surface area contributed by atoms with Gasteiger partial charge in [0.25, 0.3) is 0 Å².